The lowest BCUT2D eigenvalue weighted by atomic mass is 9.97. The molecule has 1 aromatic carbocycles. The van der Waals surface area contributed by atoms with E-state index in [0.717, 1.165) is 17.0 Å². The second-order valence-electron chi connectivity index (χ2n) is 6.36. The summed E-state index contributed by atoms with van der Waals surface area (Å²) in [5.41, 5.74) is 3.45. The molecule has 0 saturated carbocycles. The van der Waals surface area contributed by atoms with Crippen LogP contribution >= 0.6 is 0 Å². The predicted molar refractivity (Wildman–Crippen MR) is 102 cm³/mol. The summed E-state index contributed by atoms with van der Waals surface area (Å²) >= 11 is 0. The molecular formula is C20H19N5O3. The molecule has 3 heterocycles. The number of aromatic amines is 1. The smallest absolute Gasteiger partial charge is 0.339 e. The Balaban J connectivity index is 1.67. The van der Waals surface area contributed by atoms with Crippen molar-refractivity contribution in [1.82, 2.24) is 19.9 Å². The zero-order chi connectivity index (χ0) is 19.5. The molecule has 4 rings (SSSR count). The van der Waals surface area contributed by atoms with Crippen molar-refractivity contribution in [1.29, 1.82) is 0 Å². The maximum Gasteiger partial charge on any atom is 0.339 e. The van der Waals surface area contributed by atoms with Crippen LogP contribution in [0.2, 0.25) is 0 Å². The van der Waals surface area contributed by atoms with E-state index in [1.807, 2.05) is 12.1 Å². The molecule has 8 heteroatoms. The van der Waals surface area contributed by atoms with E-state index < -0.39 is 5.97 Å². The molecule has 1 aliphatic heterocycles. The first-order valence-corrected chi connectivity index (χ1v) is 8.86. The average molecular weight is 377 g/mol. The monoisotopic (exact) mass is 377 g/mol. The summed E-state index contributed by atoms with van der Waals surface area (Å²) in [5, 5.41) is 2.85. The molecule has 0 radical (unpaired) electrons. The van der Waals surface area contributed by atoms with Crippen molar-refractivity contribution in [2.24, 2.45) is 0 Å². The Kier molecular flexibility index (Phi) is 4.76. The first-order chi connectivity index (χ1) is 13.7. The van der Waals surface area contributed by atoms with Gasteiger partial charge in [-0.05, 0) is 29.8 Å². The van der Waals surface area contributed by atoms with Crippen molar-refractivity contribution in [3.05, 3.63) is 77.6 Å². The number of nitrogens with one attached hydrogen (secondary N) is 2. The van der Waals surface area contributed by atoms with Crippen LogP contribution in [-0.4, -0.2) is 45.5 Å². The third kappa shape index (κ3) is 3.20. The van der Waals surface area contributed by atoms with Gasteiger partial charge in [0.25, 0.3) is 0 Å². The minimum atomic E-state index is -0.505. The van der Waals surface area contributed by atoms with E-state index in [0.29, 0.717) is 24.2 Å². The minimum Gasteiger partial charge on any atom is -0.465 e. The Bertz CT molecular complexity index is 1000. The molecule has 3 aromatic rings. The van der Waals surface area contributed by atoms with Gasteiger partial charge in [0, 0.05) is 31.1 Å². The molecule has 2 aromatic heterocycles. The number of hydrogen-bond acceptors (Lipinski definition) is 5. The van der Waals surface area contributed by atoms with Crippen LogP contribution < -0.4 is 5.32 Å². The van der Waals surface area contributed by atoms with E-state index in [2.05, 4.69) is 20.3 Å². The maximum absolute atomic E-state index is 13.2. The molecule has 0 spiro atoms. The van der Waals surface area contributed by atoms with Crippen LogP contribution in [0.25, 0.3) is 0 Å². The van der Waals surface area contributed by atoms with Crippen LogP contribution in [0.5, 0.6) is 0 Å². The number of ether oxygens (including phenoxy) is 1. The highest BCUT2D eigenvalue weighted by Crippen LogP contribution is 2.33. The maximum atomic E-state index is 13.2. The Morgan fingerprint density at radius 1 is 1.21 bits per heavy atom. The van der Waals surface area contributed by atoms with Crippen LogP contribution in [0.15, 0.2) is 55.1 Å². The largest absolute Gasteiger partial charge is 0.465 e. The van der Waals surface area contributed by atoms with Gasteiger partial charge in [0.1, 0.15) is 6.04 Å². The Hall–Kier alpha value is -3.68. The fourth-order valence-electron chi connectivity index (χ4n) is 3.45. The summed E-state index contributed by atoms with van der Waals surface area (Å²) in [6.45, 7) is 0.508. The van der Waals surface area contributed by atoms with E-state index in [4.69, 9.17) is 4.74 Å². The van der Waals surface area contributed by atoms with Crippen molar-refractivity contribution >= 4 is 17.7 Å². The number of fused-ring (bicyclic) bond motifs is 1. The van der Waals surface area contributed by atoms with Gasteiger partial charge in [-0.3, -0.25) is 4.98 Å². The number of anilines is 1. The minimum absolute atomic E-state index is 0.302. The second kappa shape index (κ2) is 7.51. The SMILES string of the molecule is COC(=O)c1ccccc1NC(=O)N1CCc2[nH]cnc2[C@@H]1c1ccncc1. The lowest BCUT2D eigenvalue weighted by Crippen LogP contribution is -2.43. The number of amides is 2. The summed E-state index contributed by atoms with van der Waals surface area (Å²) in [6.07, 6.45) is 5.70. The van der Waals surface area contributed by atoms with Crippen molar-refractivity contribution in [2.45, 2.75) is 12.5 Å². The molecule has 0 saturated heterocycles. The number of rotatable bonds is 3. The molecule has 0 aliphatic carbocycles. The Labute approximate surface area is 161 Å². The van der Waals surface area contributed by atoms with Gasteiger partial charge < -0.3 is 19.9 Å². The lowest BCUT2D eigenvalue weighted by Gasteiger charge is -2.35. The zero-order valence-corrected chi connectivity index (χ0v) is 15.3. The molecule has 0 unspecified atom stereocenters. The van der Waals surface area contributed by atoms with E-state index in [1.54, 1.807) is 47.9 Å². The standard InChI is InChI=1S/C20H19N5O3/c1-28-19(26)14-4-2-3-5-15(14)24-20(27)25-11-8-16-17(23-12-22-16)18(25)13-6-9-21-10-7-13/h2-7,9-10,12,18H,8,11H2,1H3,(H,22,23)(H,24,27)/t18-/m0/s1. The molecule has 1 atom stereocenters. The first-order valence-electron chi connectivity index (χ1n) is 8.86. The Morgan fingerprint density at radius 2 is 2.00 bits per heavy atom. The third-order valence-electron chi connectivity index (χ3n) is 4.78. The van der Waals surface area contributed by atoms with Crippen LogP contribution in [0, 0.1) is 0 Å². The van der Waals surface area contributed by atoms with Crippen LogP contribution in [0.4, 0.5) is 10.5 Å². The number of methoxy groups -OCH3 is 1. The number of imidazole rings is 1. The number of H-pyrrole nitrogens is 1. The molecular weight excluding hydrogens is 358 g/mol. The fraction of sp³-hybridized carbons (Fsp3) is 0.200. The molecule has 8 nitrogen and oxygen atoms in total. The van der Waals surface area contributed by atoms with E-state index in [-0.39, 0.29) is 12.1 Å². The van der Waals surface area contributed by atoms with Gasteiger partial charge in [-0.15, -0.1) is 0 Å². The number of benzene rings is 1. The number of carbonyl (C=O) groups is 2. The highest BCUT2D eigenvalue weighted by Gasteiger charge is 2.34. The lowest BCUT2D eigenvalue weighted by molar-refractivity contribution is 0.0602. The topological polar surface area (TPSA) is 100 Å². The molecule has 2 amide bonds. The Morgan fingerprint density at radius 3 is 2.79 bits per heavy atom. The second-order valence-corrected chi connectivity index (χ2v) is 6.36. The van der Waals surface area contributed by atoms with Gasteiger partial charge in [-0.1, -0.05) is 12.1 Å². The summed E-state index contributed by atoms with van der Waals surface area (Å²) in [6, 6.07) is 9.85. The quantitative estimate of drug-likeness (QED) is 0.684. The normalized spacial score (nSPS) is 15.6. The number of para-hydroxylation sites is 1. The number of pyridine rings is 1. The zero-order valence-electron chi connectivity index (χ0n) is 15.3. The van der Waals surface area contributed by atoms with Gasteiger partial charge in [-0.25, -0.2) is 14.6 Å². The van der Waals surface area contributed by atoms with Crippen molar-refractivity contribution < 1.29 is 14.3 Å². The predicted octanol–water partition coefficient (Wildman–Crippen LogP) is 2.77. The van der Waals surface area contributed by atoms with Gasteiger partial charge in [0.05, 0.1) is 30.4 Å². The summed E-state index contributed by atoms with van der Waals surface area (Å²) < 4.78 is 4.81. The molecule has 0 fully saturated rings. The van der Waals surface area contributed by atoms with Crippen LogP contribution in [0.3, 0.4) is 0 Å². The fourth-order valence-corrected chi connectivity index (χ4v) is 3.45. The number of carbonyl (C=O) groups excluding carboxylic acids is 2. The number of hydrogen-bond donors (Lipinski definition) is 2. The van der Waals surface area contributed by atoms with E-state index in [9.17, 15) is 9.59 Å². The molecule has 142 valence electrons. The highest BCUT2D eigenvalue weighted by molar-refractivity contribution is 6.01. The van der Waals surface area contributed by atoms with Crippen LogP contribution in [0.1, 0.15) is 33.4 Å². The van der Waals surface area contributed by atoms with Crippen molar-refractivity contribution in [3.63, 3.8) is 0 Å². The highest BCUT2D eigenvalue weighted by atomic mass is 16.5. The molecule has 1 aliphatic rings. The molecule has 28 heavy (non-hydrogen) atoms. The number of urea groups is 1. The summed E-state index contributed by atoms with van der Waals surface area (Å²) in [5.74, 6) is -0.505. The number of nitrogens with zero attached hydrogens (tertiary/aromatic N) is 3. The van der Waals surface area contributed by atoms with E-state index >= 15 is 0 Å². The van der Waals surface area contributed by atoms with Gasteiger partial charge in [0.15, 0.2) is 0 Å². The molecule has 0 bridgehead atoms. The van der Waals surface area contributed by atoms with Crippen molar-refractivity contribution in [3.8, 4) is 0 Å². The van der Waals surface area contributed by atoms with Gasteiger partial charge >= 0.3 is 12.0 Å². The third-order valence-corrected chi connectivity index (χ3v) is 4.78. The number of aromatic nitrogens is 3. The summed E-state index contributed by atoms with van der Waals surface area (Å²) in [7, 11) is 1.31. The van der Waals surface area contributed by atoms with Gasteiger partial charge in [0.2, 0.25) is 0 Å². The first kappa shape index (κ1) is 17.7. The number of esters is 1. The van der Waals surface area contributed by atoms with Crippen molar-refractivity contribution in [2.75, 3.05) is 19.0 Å². The van der Waals surface area contributed by atoms with Crippen LogP contribution in [-0.2, 0) is 11.2 Å². The molecule has 2 N–H and O–H groups in total. The average Bonchev–Trinajstić information content (AvgIpc) is 3.22. The van der Waals surface area contributed by atoms with Gasteiger partial charge in [-0.2, -0.15) is 0 Å². The van der Waals surface area contributed by atoms with E-state index in [1.165, 1.54) is 7.11 Å². The summed E-state index contributed by atoms with van der Waals surface area (Å²) in [4.78, 5) is 38.5.